The summed E-state index contributed by atoms with van der Waals surface area (Å²) in [6.07, 6.45) is 0. The van der Waals surface area contributed by atoms with Gasteiger partial charge in [-0.05, 0) is 17.7 Å². The Morgan fingerprint density at radius 1 is 1.36 bits per heavy atom. The highest BCUT2D eigenvalue weighted by molar-refractivity contribution is 5.32. The summed E-state index contributed by atoms with van der Waals surface area (Å²) >= 11 is 0. The largest absolute Gasteiger partial charge is 0.359 e. The predicted octanol–water partition coefficient (Wildman–Crippen LogP) is 1.72. The zero-order valence-electron chi connectivity index (χ0n) is 7.80. The molecule has 1 aromatic rings. The third-order valence-corrected chi connectivity index (χ3v) is 1.62. The number of nitro benzene ring substituents is 1. The smallest absolute Gasteiger partial charge is 0.269 e. The predicted molar refractivity (Wildman–Crippen MR) is 49.8 cm³/mol. The molecule has 0 atom stereocenters. The molecule has 0 heterocycles. The molecule has 0 aliphatic rings. The van der Waals surface area contributed by atoms with Crippen molar-refractivity contribution in [1.29, 1.82) is 0 Å². The zero-order valence-corrected chi connectivity index (χ0v) is 7.80. The summed E-state index contributed by atoms with van der Waals surface area (Å²) in [5, 5.41) is 10.3. The number of benzene rings is 1. The molecule has 1 aromatic carbocycles. The molecule has 0 N–H and O–H groups in total. The average Bonchev–Trinajstić information content (AvgIpc) is 2.19. The first-order valence-electron chi connectivity index (χ1n) is 4.04. The van der Waals surface area contributed by atoms with Gasteiger partial charge in [-0.15, -0.1) is 0 Å². The summed E-state index contributed by atoms with van der Waals surface area (Å²) in [7, 11) is 1.54. The number of hydrogen-bond donors (Lipinski definition) is 0. The van der Waals surface area contributed by atoms with E-state index < -0.39 is 4.92 Å². The molecule has 0 fully saturated rings. The van der Waals surface area contributed by atoms with Gasteiger partial charge in [-0.1, -0.05) is 0 Å². The molecular weight excluding hydrogens is 186 g/mol. The summed E-state index contributed by atoms with van der Waals surface area (Å²) in [4.78, 5) is 9.90. The summed E-state index contributed by atoms with van der Waals surface area (Å²) in [6.45, 7) is 0.614. The van der Waals surface area contributed by atoms with Crippen LogP contribution in [0.2, 0.25) is 0 Å². The van der Waals surface area contributed by atoms with Gasteiger partial charge in [0.2, 0.25) is 0 Å². The van der Waals surface area contributed by atoms with Crippen molar-refractivity contribution in [3.63, 3.8) is 0 Å². The molecule has 0 spiro atoms. The van der Waals surface area contributed by atoms with E-state index in [1.165, 1.54) is 19.2 Å². The summed E-state index contributed by atoms with van der Waals surface area (Å²) in [5.74, 6) is 0. The fourth-order valence-corrected chi connectivity index (χ4v) is 0.957. The van der Waals surface area contributed by atoms with Crippen molar-refractivity contribution >= 4 is 5.69 Å². The van der Waals surface area contributed by atoms with Crippen LogP contribution in [0.25, 0.3) is 0 Å². The lowest BCUT2D eigenvalue weighted by Gasteiger charge is -2.01. The molecule has 76 valence electrons. The zero-order chi connectivity index (χ0) is 10.4. The third-order valence-electron chi connectivity index (χ3n) is 1.62. The first-order valence-corrected chi connectivity index (χ1v) is 4.04. The highest BCUT2D eigenvalue weighted by Crippen LogP contribution is 2.12. The minimum Gasteiger partial charge on any atom is -0.359 e. The molecule has 0 radical (unpaired) electrons. The average molecular weight is 197 g/mol. The van der Waals surface area contributed by atoms with Crippen LogP contribution >= 0.6 is 0 Å². The maximum Gasteiger partial charge on any atom is 0.269 e. The van der Waals surface area contributed by atoms with E-state index in [1.54, 1.807) is 12.1 Å². The van der Waals surface area contributed by atoms with Crippen molar-refractivity contribution in [1.82, 2.24) is 0 Å². The summed E-state index contributed by atoms with van der Waals surface area (Å²) in [5.41, 5.74) is 0.966. The van der Waals surface area contributed by atoms with E-state index in [2.05, 4.69) is 0 Å². The standard InChI is InChI=1S/C9H11NO4/c1-13-7-14-6-8-2-4-9(5-3-8)10(11)12/h2-5H,6-7H2,1H3. The van der Waals surface area contributed by atoms with Gasteiger partial charge in [0.05, 0.1) is 11.5 Å². The lowest BCUT2D eigenvalue weighted by atomic mass is 10.2. The van der Waals surface area contributed by atoms with Crippen LogP contribution in [0.15, 0.2) is 24.3 Å². The SMILES string of the molecule is COCOCc1ccc([N+](=O)[O-])cc1. The number of rotatable bonds is 5. The number of nitrogens with zero attached hydrogens (tertiary/aromatic N) is 1. The van der Waals surface area contributed by atoms with Gasteiger partial charge < -0.3 is 9.47 Å². The molecular formula is C9H11NO4. The van der Waals surface area contributed by atoms with E-state index in [9.17, 15) is 10.1 Å². The molecule has 14 heavy (non-hydrogen) atoms. The molecule has 5 nitrogen and oxygen atoms in total. The fraction of sp³-hybridized carbons (Fsp3) is 0.333. The lowest BCUT2D eigenvalue weighted by Crippen LogP contribution is -1.97. The van der Waals surface area contributed by atoms with Crippen LogP contribution in [0.1, 0.15) is 5.56 Å². The van der Waals surface area contributed by atoms with Crippen LogP contribution in [0.3, 0.4) is 0 Å². The van der Waals surface area contributed by atoms with Gasteiger partial charge in [0.15, 0.2) is 0 Å². The first kappa shape index (κ1) is 10.6. The Balaban J connectivity index is 2.51. The molecule has 0 bridgehead atoms. The van der Waals surface area contributed by atoms with Crippen LogP contribution in [-0.2, 0) is 16.1 Å². The van der Waals surface area contributed by atoms with E-state index in [4.69, 9.17) is 9.47 Å². The number of nitro groups is 1. The van der Waals surface area contributed by atoms with Gasteiger partial charge in [0, 0.05) is 19.2 Å². The van der Waals surface area contributed by atoms with Crippen LogP contribution in [0, 0.1) is 10.1 Å². The van der Waals surface area contributed by atoms with Crippen molar-refractivity contribution in [3.05, 3.63) is 39.9 Å². The van der Waals surface area contributed by atoms with E-state index in [0.29, 0.717) is 6.61 Å². The maximum absolute atomic E-state index is 10.3. The molecule has 0 aliphatic heterocycles. The Kier molecular flexibility index (Phi) is 4.03. The van der Waals surface area contributed by atoms with Crippen molar-refractivity contribution in [2.24, 2.45) is 0 Å². The fourth-order valence-electron chi connectivity index (χ4n) is 0.957. The maximum atomic E-state index is 10.3. The number of methoxy groups -OCH3 is 1. The van der Waals surface area contributed by atoms with E-state index in [1.807, 2.05) is 0 Å². The van der Waals surface area contributed by atoms with E-state index in [-0.39, 0.29) is 12.5 Å². The van der Waals surface area contributed by atoms with E-state index >= 15 is 0 Å². The Morgan fingerprint density at radius 2 is 2.00 bits per heavy atom. The van der Waals surface area contributed by atoms with Gasteiger partial charge >= 0.3 is 0 Å². The Bertz CT molecular complexity index is 296. The monoisotopic (exact) mass is 197 g/mol. The minimum absolute atomic E-state index is 0.0838. The summed E-state index contributed by atoms with van der Waals surface area (Å²) < 4.78 is 9.77. The van der Waals surface area contributed by atoms with Crippen molar-refractivity contribution in [2.45, 2.75) is 6.61 Å². The van der Waals surface area contributed by atoms with Gasteiger partial charge in [0.25, 0.3) is 5.69 Å². The van der Waals surface area contributed by atoms with Crippen LogP contribution < -0.4 is 0 Å². The molecule has 5 heteroatoms. The number of ether oxygens (including phenoxy) is 2. The van der Waals surface area contributed by atoms with Gasteiger partial charge in [-0.2, -0.15) is 0 Å². The molecule has 0 unspecified atom stereocenters. The first-order chi connectivity index (χ1) is 6.74. The normalized spacial score (nSPS) is 10.1. The van der Waals surface area contributed by atoms with Crippen LogP contribution in [0.5, 0.6) is 0 Å². The Labute approximate surface area is 81.4 Å². The van der Waals surface area contributed by atoms with Gasteiger partial charge in [-0.25, -0.2) is 0 Å². The summed E-state index contributed by atoms with van der Waals surface area (Å²) in [6, 6.07) is 6.22. The molecule has 0 saturated carbocycles. The highest BCUT2D eigenvalue weighted by Gasteiger charge is 2.03. The number of non-ortho nitro benzene ring substituents is 1. The molecule has 1 rings (SSSR count). The second kappa shape index (κ2) is 5.31. The number of hydrogen-bond acceptors (Lipinski definition) is 4. The molecule has 0 aliphatic carbocycles. The molecule has 0 aromatic heterocycles. The molecule has 0 amide bonds. The van der Waals surface area contributed by atoms with Crippen LogP contribution in [-0.4, -0.2) is 18.8 Å². The van der Waals surface area contributed by atoms with Crippen molar-refractivity contribution in [3.8, 4) is 0 Å². The quantitative estimate of drug-likeness (QED) is 0.312. The Hall–Kier alpha value is -1.46. The second-order valence-electron chi connectivity index (χ2n) is 2.68. The Morgan fingerprint density at radius 3 is 2.50 bits per heavy atom. The lowest BCUT2D eigenvalue weighted by molar-refractivity contribution is -0.384. The van der Waals surface area contributed by atoms with Gasteiger partial charge in [-0.3, -0.25) is 10.1 Å². The van der Waals surface area contributed by atoms with E-state index in [0.717, 1.165) is 5.56 Å². The highest BCUT2D eigenvalue weighted by atomic mass is 16.7. The minimum atomic E-state index is -0.431. The van der Waals surface area contributed by atoms with Crippen molar-refractivity contribution in [2.75, 3.05) is 13.9 Å². The molecule has 0 saturated heterocycles. The van der Waals surface area contributed by atoms with Gasteiger partial charge in [0.1, 0.15) is 6.79 Å². The second-order valence-corrected chi connectivity index (χ2v) is 2.68. The topological polar surface area (TPSA) is 61.6 Å². The van der Waals surface area contributed by atoms with Crippen molar-refractivity contribution < 1.29 is 14.4 Å². The third kappa shape index (κ3) is 3.12. The van der Waals surface area contributed by atoms with Crippen LogP contribution in [0.4, 0.5) is 5.69 Å².